The first-order chi connectivity index (χ1) is 17.0. The summed E-state index contributed by atoms with van der Waals surface area (Å²) in [5.74, 6) is -3.75. The molecule has 0 aromatic heterocycles. The number of ether oxygens (including phenoxy) is 2. The van der Waals surface area contributed by atoms with E-state index in [0.29, 0.717) is 11.6 Å². The molecule has 1 aliphatic rings. The Hall–Kier alpha value is -3.73. The fourth-order valence-electron chi connectivity index (χ4n) is 3.48. The predicted molar refractivity (Wildman–Crippen MR) is 120 cm³/mol. The fourth-order valence-corrected chi connectivity index (χ4v) is 3.48. The summed E-state index contributed by atoms with van der Waals surface area (Å²) in [6.07, 6.45) is -2.72. The number of carbonyl (C=O) groups is 2. The van der Waals surface area contributed by atoms with Crippen LogP contribution in [0.15, 0.2) is 48.2 Å². The number of ketones is 1. The van der Waals surface area contributed by atoms with Gasteiger partial charge in [-0.2, -0.15) is 13.2 Å². The van der Waals surface area contributed by atoms with E-state index in [0.717, 1.165) is 24.3 Å². The molecule has 1 amide bonds. The number of hydrogen-bond acceptors (Lipinski definition) is 5. The molecule has 2 N–H and O–H groups in total. The number of allylic oxidation sites excluding steroid dienone is 4. The second-order valence-corrected chi connectivity index (χ2v) is 7.65. The van der Waals surface area contributed by atoms with Crippen molar-refractivity contribution < 1.29 is 46.1 Å². The van der Waals surface area contributed by atoms with E-state index in [1.807, 2.05) is 0 Å². The summed E-state index contributed by atoms with van der Waals surface area (Å²) in [5.41, 5.74) is -1.51. The molecule has 1 aliphatic carbocycles. The molecular weight excluding hydrogens is 489 g/mol. The minimum Gasteiger partial charge on any atom is -0.491 e. The maximum absolute atomic E-state index is 14.7. The molecule has 0 heterocycles. The molecule has 0 atom stereocenters. The number of aliphatic hydroxyl groups is 1. The van der Waals surface area contributed by atoms with Gasteiger partial charge in [0.2, 0.25) is 11.7 Å². The van der Waals surface area contributed by atoms with Gasteiger partial charge in [0.05, 0.1) is 25.2 Å². The minimum atomic E-state index is -4.81. The highest BCUT2D eigenvalue weighted by molar-refractivity contribution is 6.01. The Morgan fingerprint density at radius 1 is 1.11 bits per heavy atom. The number of nitrogens with one attached hydrogen (secondary N) is 1. The molecule has 0 fully saturated rings. The summed E-state index contributed by atoms with van der Waals surface area (Å²) >= 11 is 0. The third-order valence-electron chi connectivity index (χ3n) is 5.10. The minimum absolute atomic E-state index is 0.00168. The Morgan fingerprint density at radius 2 is 1.81 bits per heavy atom. The summed E-state index contributed by atoms with van der Waals surface area (Å²) in [5, 5.41) is 11.0. The van der Waals surface area contributed by atoms with Crippen LogP contribution >= 0.6 is 0 Å². The molecular formula is C25H22F5NO5. The highest BCUT2D eigenvalue weighted by atomic mass is 19.4. The van der Waals surface area contributed by atoms with E-state index in [1.165, 1.54) is 12.2 Å². The van der Waals surface area contributed by atoms with Crippen molar-refractivity contribution in [1.29, 1.82) is 0 Å². The van der Waals surface area contributed by atoms with E-state index in [4.69, 9.17) is 14.6 Å². The summed E-state index contributed by atoms with van der Waals surface area (Å²) in [6, 6.07) is 4.73. The van der Waals surface area contributed by atoms with Gasteiger partial charge >= 0.3 is 6.18 Å². The van der Waals surface area contributed by atoms with Gasteiger partial charge in [-0.3, -0.25) is 9.59 Å². The Labute approximate surface area is 203 Å². The Bertz CT molecular complexity index is 1200. The molecule has 36 heavy (non-hydrogen) atoms. The van der Waals surface area contributed by atoms with Crippen molar-refractivity contribution in [3.63, 3.8) is 0 Å². The SMILES string of the molecule is CCOC1=CC(c2cc(F)c(CC(=O)Nc3ccc(OCCO)c(C(F)(F)F)c3)c(F)c2)=CCC1=O. The zero-order chi connectivity index (χ0) is 26.5. The number of rotatable bonds is 9. The van der Waals surface area contributed by atoms with Crippen molar-refractivity contribution in [3.05, 3.63) is 76.6 Å². The number of benzene rings is 2. The van der Waals surface area contributed by atoms with Crippen LogP contribution in [0, 0.1) is 11.6 Å². The first kappa shape index (κ1) is 26.9. The van der Waals surface area contributed by atoms with Crippen molar-refractivity contribution in [2.45, 2.75) is 25.9 Å². The lowest BCUT2D eigenvalue weighted by molar-refractivity contribution is -0.139. The number of aliphatic hydroxyl groups excluding tert-OH is 1. The molecule has 192 valence electrons. The van der Waals surface area contributed by atoms with Crippen molar-refractivity contribution in [2.24, 2.45) is 0 Å². The second-order valence-electron chi connectivity index (χ2n) is 7.65. The van der Waals surface area contributed by atoms with Crippen LogP contribution in [0.3, 0.4) is 0 Å². The van der Waals surface area contributed by atoms with Crippen LogP contribution in [0.25, 0.3) is 5.57 Å². The fraction of sp³-hybridized carbons (Fsp3) is 0.280. The predicted octanol–water partition coefficient (Wildman–Crippen LogP) is 4.81. The van der Waals surface area contributed by atoms with Crippen LogP contribution in [-0.4, -0.2) is 36.6 Å². The molecule has 11 heteroatoms. The van der Waals surface area contributed by atoms with Gasteiger partial charge in [-0.25, -0.2) is 8.78 Å². The zero-order valence-corrected chi connectivity index (χ0v) is 19.0. The molecule has 0 unspecified atom stereocenters. The van der Waals surface area contributed by atoms with E-state index >= 15 is 0 Å². The average molecular weight is 511 g/mol. The molecule has 3 rings (SSSR count). The maximum atomic E-state index is 14.7. The molecule has 2 aromatic carbocycles. The van der Waals surface area contributed by atoms with Crippen LogP contribution in [0.5, 0.6) is 5.75 Å². The number of anilines is 1. The van der Waals surface area contributed by atoms with E-state index in [-0.39, 0.29) is 42.4 Å². The number of halogens is 5. The summed E-state index contributed by atoms with van der Waals surface area (Å²) in [4.78, 5) is 24.2. The lowest BCUT2D eigenvalue weighted by Crippen LogP contribution is -2.18. The first-order valence-corrected chi connectivity index (χ1v) is 10.8. The van der Waals surface area contributed by atoms with Crippen LogP contribution in [0.4, 0.5) is 27.6 Å². The van der Waals surface area contributed by atoms with Gasteiger partial charge in [-0.1, -0.05) is 6.08 Å². The topological polar surface area (TPSA) is 84.9 Å². The summed E-state index contributed by atoms with van der Waals surface area (Å²) in [7, 11) is 0. The molecule has 6 nitrogen and oxygen atoms in total. The van der Waals surface area contributed by atoms with Crippen molar-refractivity contribution in [1.82, 2.24) is 0 Å². The van der Waals surface area contributed by atoms with Crippen LogP contribution < -0.4 is 10.1 Å². The van der Waals surface area contributed by atoms with Gasteiger partial charge in [-0.05, 0) is 54.5 Å². The molecule has 0 saturated heterocycles. The van der Waals surface area contributed by atoms with Crippen molar-refractivity contribution in [3.8, 4) is 5.75 Å². The zero-order valence-electron chi connectivity index (χ0n) is 19.0. The third-order valence-corrected chi connectivity index (χ3v) is 5.10. The molecule has 2 aromatic rings. The van der Waals surface area contributed by atoms with Gasteiger partial charge < -0.3 is 19.9 Å². The van der Waals surface area contributed by atoms with Crippen molar-refractivity contribution in [2.75, 3.05) is 25.1 Å². The summed E-state index contributed by atoms with van der Waals surface area (Å²) < 4.78 is 79.6. The van der Waals surface area contributed by atoms with Gasteiger partial charge in [0, 0.05) is 17.7 Å². The lowest BCUT2D eigenvalue weighted by Gasteiger charge is -2.16. The smallest absolute Gasteiger partial charge is 0.420 e. The number of amides is 1. The normalized spacial score (nSPS) is 13.7. The maximum Gasteiger partial charge on any atom is 0.420 e. The van der Waals surface area contributed by atoms with E-state index in [2.05, 4.69) is 5.32 Å². The average Bonchev–Trinajstić information content (AvgIpc) is 2.81. The number of alkyl halides is 3. The Morgan fingerprint density at radius 3 is 2.42 bits per heavy atom. The molecule has 0 spiro atoms. The first-order valence-electron chi connectivity index (χ1n) is 10.8. The van der Waals surface area contributed by atoms with Gasteiger partial charge in [0.1, 0.15) is 24.0 Å². The number of hydrogen-bond donors (Lipinski definition) is 2. The van der Waals surface area contributed by atoms with E-state index in [9.17, 15) is 31.5 Å². The van der Waals surface area contributed by atoms with Gasteiger partial charge in [0.25, 0.3) is 0 Å². The molecule has 0 radical (unpaired) electrons. The van der Waals surface area contributed by atoms with Crippen LogP contribution in [-0.2, 0) is 26.9 Å². The third kappa shape index (κ3) is 6.48. The summed E-state index contributed by atoms with van der Waals surface area (Å²) in [6.45, 7) is 1.07. The van der Waals surface area contributed by atoms with Crippen LogP contribution in [0.1, 0.15) is 30.0 Å². The monoisotopic (exact) mass is 511 g/mol. The largest absolute Gasteiger partial charge is 0.491 e. The number of Topliss-reactive ketones (excluding diaryl/α,β-unsaturated/α-hetero) is 1. The van der Waals surface area contributed by atoms with Crippen LogP contribution in [0.2, 0.25) is 0 Å². The highest BCUT2D eigenvalue weighted by Crippen LogP contribution is 2.38. The van der Waals surface area contributed by atoms with Gasteiger partial charge in [0.15, 0.2) is 5.76 Å². The standard InChI is InChI=1S/C25H22F5NO5/c1-2-35-23-11-14(3-5-21(23)33)15-9-19(26)17(20(27)10-15)13-24(34)31-16-4-6-22(36-8-7-32)18(12-16)25(28,29)30/h3-4,6,9-12,32H,2,5,7-8,13H2,1H3,(H,31,34). The quantitative estimate of drug-likeness (QED) is 0.472. The number of carbonyl (C=O) groups excluding carboxylic acids is 2. The molecule has 0 saturated carbocycles. The lowest BCUT2D eigenvalue weighted by atomic mass is 9.96. The van der Waals surface area contributed by atoms with Crippen molar-refractivity contribution >= 4 is 23.0 Å². The van der Waals surface area contributed by atoms with E-state index < -0.39 is 53.6 Å². The van der Waals surface area contributed by atoms with Gasteiger partial charge in [-0.15, -0.1) is 0 Å². The second kappa shape index (κ2) is 11.3. The Kier molecular flexibility index (Phi) is 8.46. The highest BCUT2D eigenvalue weighted by Gasteiger charge is 2.35. The van der Waals surface area contributed by atoms with E-state index in [1.54, 1.807) is 6.92 Å². The molecule has 0 bridgehead atoms. The molecule has 0 aliphatic heterocycles. The Balaban J connectivity index is 1.78.